The third-order valence-electron chi connectivity index (χ3n) is 4.82. The van der Waals surface area contributed by atoms with E-state index < -0.39 is 21.7 Å². The van der Waals surface area contributed by atoms with E-state index in [0.29, 0.717) is 27.0 Å². The topological polar surface area (TPSA) is 133 Å². The molecule has 1 N–H and O–H groups in total. The summed E-state index contributed by atoms with van der Waals surface area (Å²) in [6, 6.07) is 1.86. The third kappa shape index (κ3) is 4.30. The average molecular weight is 464 g/mol. The minimum atomic E-state index is -3.22. The number of hydrogen-bond acceptors (Lipinski definition) is 9. The number of nitrogens with zero attached hydrogens (tertiary/aromatic N) is 4. The highest BCUT2D eigenvalue weighted by Gasteiger charge is 2.32. The van der Waals surface area contributed by atoms with Crippen molar-refractivity contribution in [3.8, 4) is 0 Å². The number of rotatable bonds is 5. The summed E-state index contributed by atoms with van der Waals surface area (Å²) in [6.45, 7) is 5.58. The van der Waals surface area contributed by atoms with Gasteiger partial charge in [0.2, 0.25) is 5.91 Å². The molecular weight excluding hydrogens is 442 g/mol. The molecule has 4 rings (SSSR count). The number of ether oxygens (including phenoxy) is 1. The van der Waals surface area contributed by atoms with Crippen LogP contribution in [-0.2, 0) is 38.0 Å². The Hall–Kier alpha value is -2.86. The Morgan fingerprint density at radius 3 is 2.81 bits per heavy atom. The molecule has 164 valence electrons. The van der Waals surface area contributed by atoms with Gasteiger partial charge < -0.3 is 10.1 Å². The molecule has 3 aromatic heterocycles. The van der Waals surface area contributed by atoms with Crippen molar-refractivity contribution in [2.75, 3.05) is 17.7 Å². The minimum absolute atomic E-state index is 0.0343. The van der Waals surface area contributed by atoms with E-state index >= 15 is 0 Å². The number of fused-ring (bicyclic) bond motifs is 2. The molecule has 0 bridgehead atoms. The van der Waals surface area contributed by atoms with Gasteiger partial charge in [-0.05, 0) is 38.8 Å². The summed E-state index contributed by atoms with van der Waals surface area (Å²) in [5.74, 6) is -0.473. The van der Waals surface area contributed by atoms with Gasteiger partial charge >= 0.3 is 5.97 Å². The van der Waals surface area contributed by atoms with Crippen LogP contribution in [0, 0.1) is 13.8 Å². The van der Waals surface area contributed by atoms with Crippen molar-refractivity contribution in [2.45, 2.75) is 39.4 Å². The molecular formula is C19H21N5O5S2. The van der Waals surface area contributed by atoms with Crippen molar-refractivity contribution < 1.29 is 22.7 Å². The van der Waals surface area contributed by atoms with Gasteiger partial charge in [-0.2, -0.15) is 4.98 Å². The van der Waals surface area contributed by atoms with Gasteiger partial charge in [-0.25, -0.2) is 22.7 Å². The van der Waals surface area contributed by atoms with Gasteiger partial charge in [0.05, 0.1) is 30.1 Å². The molecule has 0 fully saturated rings. The Bertz CT molecular complexity index is 1310. The SMILES string of the molecule is CCOC(=O)c1c(NC(=O)Cc2nc3nc(C)cc(C)n3n2)sc2c1CCS(=O)(=O)C2. The molecule has 0 atom stereocenters. The fraction of sp³-hybridized carbons (Fsp3) is 0.421. The Morgan fingerprint density at radius 2 is 2.06 bits per heavy atom. The Labute approximate surface area is 182 Å². The molecule has 12 heteroatoms. The summed E-state index contributed by atoms with van der Waals surface area (Å²) in [7, 11) is -3.22. The summed E-state index contributed by atoms with van der Waals surface area (Å²) in [6.07, 6.45) is 0.0987. The van der Waals surface area contributed by atoms with Gasteiger partial charge in [0.25, 0.3) is 5.78 Å². The first-order chi connectivity index (χ1) is 14.7. The molecule has 0 aromatic carbocycles. The van der Waals surface area contributed by atoms with E-state index in [9.17, 15) is 18.0 Å². The number of anilines is 1. The van der Waals surface area contributed by atoms with Crippen LogP contribution in [0.3, 0.4) is 0 Å². The maximum atomic E-state index is 12.7. The molecule has 31 heavy (non-hydrogen) atoms. The standard InChI is InChI=1S/C19H21N5O5S2/c1-4-29-18(26)16-12-5-6-31(27,28)9-13(12)30-17(16)22-15(25)8-14-21-19-20-10(2)7-11(3)24(19)23-14/h7H,4-6,8-9H2,1-3H3,(H,22,25). The lowest BCUT2D eigenvalue weighted by atomic mass is 10.1. The van der Waals surface area contributed by atoms with Crippen molar-refractivity contribution in [2.24, 2.45) is 0 Å². The first-order valence-corrected chi connectivity index (χ1v) is 12.3. The Kier molecular flexibility index (Phi) is 5.52. The summed E-state index contributed by atoms with van der Waals surface area (Å²) >= 11 is 1.10. The lowest BCUT2D eigenvalue weighted by molar-refractivity contribution is -0.115. The lowest BCUT2D eigenvalue weighted by Crippen LogP contribution is -2.20. The largest absolute Gasteiger partial charge is 0.462 e. The van der Waals surface area contributed by atoms with E-state index in [1.807, 2.05) is 19.9 Å². The number of aromatic nitrogens is 4. The predicted molar refractivity (Wildman–Crippen MR) is 114 cm³/mol. The molecule has 0 saturated carbocycles. The van der Waals surface area contributed by atoms with Gasteiger partial charge in [-0.15, -0.1) is 16.4 Å². The number of amides is 1. The zero-order chi connectivity index (χ0) is 22.3. The number of hydrogen-bond donors (Lipinski definition) is 1. The number of thiophene rings is 1. The van der Waals surface area contributed by atoms with Crippen molar-refractivity contribution in [3.05, 3.63) is 39.3 Å². The van der Waals surface area contributed by atoms with Crippen LogP contribution in [-0.4, -0.2) is 52.2 Å². The molecule has 0 aliphatic carbocycles. The van der Waals surface area contributed by atoms with Gasteiger partial charge in [-0.3, -0.25) is 4.79 Å². The summed E-state index contributed by atoms with van der Waals surface area (Å²) in [5.41, 5.74) is 2.51. The summed E-state index contributed by atoms with van der Waals surface area (Å²) in [5, 5.41) is 7.34. The van der Waals surface area contributed by atoms with E-state index in [1.165, 1.54) is 0 Å². The van der Waals surface area contributed by atoms with Crippen molar-refractivity contribution in [1.29, 1.82) is 0 Å². The van der Waals surface area contributed by atoms with Crippen LogP contribution < -0.4 is 5.32 Å². The molecule has 0 unspecified atom stereocenters. The highest BCUT2D eigenvalue weighted by atomic mass is 32.2. The second-order valence-corrected chi connectivity index (χ2v) is 10.6. The molecule has 3 aromatic rings. The lowest BCUT2D eigenvalue weighted by Gasteiger charge is -2.13. The van der Waals surface area contributed by atoms with E-state index in [-0.39, 0.29) is 36.5 Å². The zero-order valence-electron chi connectivity index (χ0n) is 17.3. The molecule has 0 radical (unpaired) electrons. The zero-order valence-corrected chi connectivity index (χ0v) is 18.9. The number of carbonyl (C=O) groups excluding carboxylic acids is 2. The van der Waals surface area contributed by atoms with Crippen molar-refractivity contribution in [3.63, 3.8) is 0 Å². The van der Waals surface area contributed by atoms with Crippen LogP contribution in [0.25, 0.3) is 5.78 Å². The Balaban J connectivity index is 1.61. The predicted octanol–water partition coefficient (Wildman–Crippen LogP) is 1.63. The fourth-order valence-electron chi connectivity index (χ4n) is 3.53. The van der Waals surface area contributed by atoms with Gasteiger partial charge in [-0.1, -0.05) is 0 Å². The van der Waals surface area contributed by atoms with Crippen molar-refractivity contribution >= 4 is 43.8 Å². The van der Waals surface area contributed by atoms with Crippen LogP contribution in [0.5, 0.6) is 0 Å². The number of nitrogens with one attached hydrogen (secondary N) is 1. The molecule has 1 amide bonds. The Morgan fingerprint density at radius 1 is 1.29 bits per heavy atom. The normalized spacial score (nSPS) is 14.9. The van der Waals surface area contributed by atoms with Gasteiger partial charge in [0.15, 0.2) is 15.7 Å². The molecule has 4 heterocycles. The molecule has 1 aliphatic rings. The van der Waals surface area contributed by atoms with Crippen LogP contribution in [0.2, 0.25) is 0 Å². The quantitative estimate of drug-likeness (QED) is 0.565. The van der Waals surface area contributed by atoms with Crippen LogP contribution >= 0.6 is 11.3 Å². The number of sulfone groups is 1. The fourth-order valence-corrected chi connectivity index (χ4v) is 6.58. The van der Waals surface area contributed by atoms with Crippen molar-refractivity contribution in [1.82, 2.24) is 19.6 Å². The first-order valence-electron chi connectivity index (χ1n) is 9.68. The second-order valence-electron chi connectivity index (χ2n) is 7.27. The number of aryl methyl sites for hydroxylation is 2. The van der Waals surface area contributed by atoms with Gasteiger partial charge in [0, 0.05) is 16.3 Å². The number of carbonyl (C=O) groups is 2. The monoisotopic (exact) mass is 463 g/mol. The van der Waals surface area contributed by atoms with Crippen LogP contribution in [0.15, 0.2) is 6.07 Å². The smallest absolute Gasteiger partial charge is 0.341 e. The molecule has 1 aliphatic heterocycles. The second kappa shape index (κ2) is 8.00. The maximum absolute atomic E-state index is 12.7. The average Bonchev–Trinajstić information content (AvgIpc) is 3.21. The summed E-state index contributed by atoms with van der Waals surface area (Å²) < 4.78 is 30.7. The summed E-state index contributed by atoms with van der Waals surface area (Å²) in [4.78, 5) is 34.4. The number of esters is 1. The molecule has 10 nitrogen and oxygen atoms in total. The third-order valence-corrected chi connectivity index (χ3v) is 7.70. The molecule has 0 spiro atoms. The minimum Gasteiger partial charge on any atom is -0.462 e. The first kappa shape index (κ1) is 21.4. The highest BCUT2D eigenvalue weighted by molar-refractivity contribution is 7.90. The molecule has 0 saturated heterocycles. The van der Waals surface area contributed by atoms with Crippen LogP contribution in [0.1, 0.15) is 44.9 Å². The van der Waals surface area contributed by atoms with Crippen LogP contribution in [0.4, 0.5) is 5.00 Å². The highest BCUT2D eigenvalue weighted by Crippen LogP contribution is 2.38. The van der Waals surface area contributed by atoms with E-state index in [4.69, 9.17) is 4.74 Å². The van der Waals surface area contributed by atoms with Gasteiger partial charge in [0.1, 0.15) is 5.00 Å². The van der Waals surface area contributed by atoms with E-state index in [2.05, 4.69) is 20.4 Å². The maximum Gasteiger partial charge on any atom is 0.341 e. The van der Waals surface area contributed by atoms with E-state index in [1.54, 1.807) is 11.4 Å². The van der Waals surface area contributed by atoms with E-state index in [0.717, 1.165) is 22.7 Å².